The van der Waals surface area contributed by atoms with Crippen molar-refractivity contribution in [2.75, 3.05) is 31.6 Å². The normalized spacial score (nSPS) is 21.1. The van der Waals surface area contributed by atoms with Crippen LogP contribution in [0.1, 0.15) is 96.8 Å². The van der Waals surface area contributed by atoms with Crippen molar-refractivity contribution in [3.05, 3.63) is 30.3 Å². The van der Waals surface area contributed by atoms with E-state index in [1.807, 2.05) is 18.2 Å². The molecule has 0 saturated carbocycles. The number of hydrogen-bond acceptors (Lipinski definition) is 5. The first kappa shape index (κ1) is 27.5. The summed E-state index contributed by atoms with van der Waals surface area (Å²) in [6, 6.07) is 9.53. The van der Waals surface area contributed by atoms with Crippen molar-refractivity contribution in [2.45, 2.75) is 109 Å². The maximum Gasteiger partial charge on any atom is 0.328 e. The number of fused-ring (bicyclic) bond motifs is 3. The van der Waals surface area contributed by atoms with E-state index >= 15 is 0 Å². The summed E-state index contributed by atoms with van der Waals surface area (Å²) in [5.74, 6) is 0.726. The molecule has 4 rings (SSSR count). The highest BCUT2D eigenvalue weighted by Gasteiger charge is 2.54. The summed E-state index contributed by atoms with van der Waals surface area (Å²) in [6.45, 7) is 4.33. The molecule has 204 valence electrons. The highest BCUT2D eigenvalue weighted by atomic mass is 16.2. The second-order valence-corrected chi connectivity index (χ2v) is 10.9. The van der Waals surface area contributed by atoms with E-state index in [0.717, 1.165) is 37.6 Å². The largest absolute Gasteiger partial charge is 0.328 e. The third-order valence-corrected chi connectivity index (χ3v) is 8.18. The van der Waals surface area contributed by atoms with Crippen LogP contribution in [0, 0.1) is 0 Å². The zero-order valence-electron chi connectivity index (χ0n) is 23.1. The van der Waals surface area contributed by atoms with Crippen molar-refractivity contribution in [3.8, 4) is 0 Å². The van der Waals surface area contributed by atoms with Crippen LogP contribution in [0.2, 0.25) is 0 Å². The van der Waals surface area contributed by atoms with Gasteiger partial charge in [-0.3, -0.25) is 9.69 Å². The van der Waals surface area contributed by atoms with Crippen molar-refractivity contribution >= 4 is 23.6 Å². The Morgan fingerprint density at radius 1 is 0.784 bits per heavy atom. The summed E-state index contributed by atoms with van der Waals surface area (Å²) in [5.41, 5.74) is 1.07. The van der Waals surface area contributed by atoms with E-state index in [4.69, 9.17) is 4.99 Å². The molecule has 7 heteroatoms. The van der Waals surface area contributed by atoms with E-state index in [9.17, 15) is 9.59 Å². The van der Waals surface area contributed by atoms with Crippen molar-refractivity contribution in [1.29, 1.82) is 0 Å². The van der Waals surface area contributed by atoms with Gasteiger partial charge in [0.05, 0.1) is 0 Å². The number of para-hydroxylation sites is 1. The van der Waals surface area contributed by atoms with Gasteiger partial charge in [0, 0.05) is 32.4 Å². The Balaban J connectivity index is 1.15. The SMILES string of the molecule is CCCCCCCCCCCCCCCCN1C(=O)C2C(N=C3N(c4ccccc4)CCN32)N(C)C1=O. The molecule has 2 fully saturated rings. The van der Waals surface area contributed by atoms with Gasteiger partial charge in [-0.25, -0.2) is 9.79 Å². The molecule has 3 aliphatic heterocycles. The van der Waals surface area contributed by atoms with Gasteiger partial charge in [0.25, 0.3) is 5.91 Å². The Morgan fingerprint density at radius 3 is 1.95 bits per heavy atom. The monoisotopic (exact) mass is 509 g/mol. The van der Waals surface area contributed by atoms with Crippen LogP contribution in [0.15, 0.2) is 35.3 Å². The van der Waals surface area contributed by atoms with Gasteiger partial charge in [-0.2, -0.15) is 0 Å². The fourth-order valence-corrected chi connectivity index (χ4v) is 5.96. The minimum Gasteiger partial charge on any atom is -0.325 e. The number of rotatable bonds is 16. The minimum absolute atomic E-state index is 0.0866. The first-order valence-electron chi connectivity index (χ1n) is 14.9. The number of benzene rings is 1. The van der Waals surface area contributed by atoms with Crippen LogP contribution in [-0.2, 0) is 4.79 Å². The Kier molecular flexibility index (Phi) is 10.3. The number of hydrogen-bond donors (Lipinski definition) is 0. The number of anilines is 1. The fraction of sp³-hybridized carbons (Fsp3) is 0.700. The lowest BCUT2D eigenvalue weighted by atomic mass is 10.0. The summed E-state index contributed by atoms with van der Waals surface area (Å²) in [5, 5.41) is 0. The third-order valence-electron chi connectivity index (χ3n) is 8.18. The Hall–Kier alpha value is -2.57. The summed E-state index contributed by atoms with van der Waals surface area (Å²) in [6.07, 6.45) is 17.7. The molecular formula is C30H47N5O2. The first-order chi connectivity index (χ1) is 18.1. The molecule has 2 atom stereocenters. The third kappa shape index (κ3) is 6.66. The number of aliphatic imine (C=N–C) groups is 1. The summed E-state index contributed by atoms with van der Waals surface area (Å²) in [7, 11) is 1.78. The smallest absolute Gasteiger partial charge is 0.325 e. The van der Waals surface area contributed by atoms with Crippen LogP contribution in [0.3, 0.4) is 0 Å². The predicted octanol–water partition coefficient (Wildman–Crippen LogP) is 6.25. The first-order valence-corrected chi connectivity index (χ1v) is 14.9. The number of carbonyl (C=O) groups excluding carboxylic acids is 2. The number of unbranched alkanes of at least 4 members (excludes halogenated alkanes) is 13. The van der Waals surface area contributed by atoms with Crippen molar-refractivity contribution in [1.82, 2.24) is 14.7 Å². The van der Waals surface area contributed by atoms with Crippen LogP contribution in [-0.4, -0.2) is 71.5 Å². The van der Waals surface area contributed by atoms with E-state index in [1.54, 1.807) is 11.9 Å². The van der Waals surface area contributed by atoms with Gasteiger partial charge in [0.2, 0.25) is 5.96 Å². The van der Waals surface area contributed by atoms with Crippen molar-refractivity contribution < 1.29 is 9.59 Å². The number of imide groups is 1. The molecule has 3 aliphatic rings. The zero-order valence-corrected chi connectivity index (χ0v) is 23.1. The predicted molar refractivity (Wildman–Crippen MR) is 151 cm³/mol. The lowest BCUT2D eigenvalue weighted by molar-refractivity contribution is -0.137. The number of amides is 3. The number of carbonyl (C=O) groups is 2. The molecule has 7 nitrogen and oxygen atoms in total. The molecule has 1 aromatic carbocycles. The molecule has 3 heterocycles. The summed E-state index contributed by atoms with van der Waals surface area (Å²) in [4.78, 5) is 38.7. The average molecular weight is 510 g/mol. The Bertz CT molecular complexity index is 904. The van der Waals surface area contributed by atoms with Gasteiger partial charge in [0.15, 0.2) is 12.2 Å². The minimum atomic E-state index is -0.436. The topological polar surface area (TPSA) is 59.5 Å². The number of likely N-dealkylation sites (N-methyl/N-ethyl adjacent to an activating group) is 1. The Labute approximate surface area is 223 Å². The van der Waals surface area contributed by atoms with Crippen LogP contribution >= 0.6 is 0 Å². The molecular weight excluding hydrogens is 462 g/mol. The Morgan fingerprint density at radius 2 is 1.35 bits per heavy atom. The summed E-state index contributed by atoms with van der Waals surface area (Å²) < 4.78 is 0. The molecule has 0 radical (unpaired) electrons. The summed E-state index contributed by atoms with van der Waals surface area (Å²) >= 11 is 0. The number of guanidine groups is 1. The van der Waals surface area contributed by atoms with Crippen LogP contribution in [0.4, 0.5) is 10.5 Å². The molecule has 0 aromatic heterocycles. The van der Waals surface area contributed by atoms with Gasteiger partial charge < -0.3 is 14.7 Å². The van der Waals surface area contributed by atoms with E-state index < -0.39 is 12.2 Å². The lowest BCUT2D eigenvalue weighted by Crippen LogP contribution is -2.64. The standard InChI is InChI=1S/C30H47N5O2/c1-3-4-5-6-7-8-9-10-11-12-13-14-15-19-22-35-28(36)26-27(32(2)30(35)37)31-29-33(23-24-34(26)29)25-20-17-16-18-21-25/h16-18,20-21,26-27H,3-15,19,22-24H2,1-2H3. The molecule has 37 heavy (non-hydrogen) atoms. The maximum atomic E-state index is 13.5. The van der Waals surface area contributed by atoms with Crippen LogP contribution in [0.5, 0.6) is 0 Å². The fourth-order valence-electron chi connectivity index (χ4n) is 5.96. The van der Waals surface area contributed by atoms with Gasteiger partial charge in [-0.05, 0) is 18.6 Å². The number of urea groups is 1. The van der Waals surface area contributed by atoms with Crippen molar-refractivity contribution in [2.24, 2.45) is 4.99 Å². The molecule has 2 unspecified atom stereocenters. The maximum absolute atomic E-state index is 13.5. The molecule has 0 aliphatic carbocycles. The zero-order chi connectivity index (χ0) is 26.0. The van der Waals surface area contributed by atoms with Crippen molar-refractivity contribution in [3.63, 3.8) is 0 Å². The van der Waals surface area contributed by atoms with E-state index in [1.165, 1.54) is 81.9 Å². The van der Waals surface area contributed by atoms with Crippen LogP contribution < -0.4 is 4.90 Å². The van der Waals surface area contributed by atoms with E-state index in [0.29, 0.717) is 6.54 Å². The van der Waals surface area contributed by atoms with Gasteiger partial charge >= 0.3 is 6.03 Å². The molecule has 3 amide bonds. The number of nitrogens with zero attached hydrogens (tertiary/aromatic N) is 5. The molecule has 1 aromatic rings. The second kappa shape index (κ2) is 13.8. The molecule has 2 saturated heterocycles. The molecule has 0 bridgehead atoms. The lowest BCUT2D eigenvalue weighted by Gasteiger charge is -2.40. The van der Waals surface area contributed by atoms with Crippen LogP contribution in [0.25, 0.3) is 0 Å². The quantitative estimate of drug-likeness (QED) is 0.247. The highest BCUT2D eigenvalue weighted by Crippen LogP contribution is 2.33. The molecule has 0 N–H and O–H groups in total. The van der Waals surface area contributed by atoms with Gasteiger partial charge in [0.1, 0.15) is 0 Å². The molecule has 0 spiro atoms. The van der Waals surface area contributed by atoms with E-state index in [2.05, 4.69) is 28.9 Å². The van der Waals surface area contributed by atoms with E-state index in [-0.39, 0.29) is 11.9 Å². The average Bonchev–Trinajstić information content (AvgIpc) is 3.49. The van der Waals surface area contributed by atoms with Gasteiger partial charge in [-0.1, -0.05) is 109 Å². The second-order valence-electron chi connectivity index (χ2n) is 10.9. The highest BCUT2D eigenvalue weighted by molar-refractivity contribution is 6.07. The van der Waals surface area contributed by atoms with Gasteiger partial charge in [-0.15, -0.1) is 0 Å².